The molecule has 0 radical (unpaired) electrons. The first-order valence-electron chi connectivity index (χ1n) is 7.10. The highest BCUT2D eigenvalue weighted by molar-refractivity contribution is 7.99. The molecule has 1 heterocycles. The molecule has 0 aliphatic heterocycles. The Morgan fingerprint density at radius 1 is 1.32 bits per heavy atom. The Hall–Kier alpha value is -1.92. The van der Waals surface area contributed by atoms with Crippen molar-refractivity contribution in [2.45, 2.75) is 19.6 Å². The lowest BCUT2D eigenvalue weighted by Crippen LogP contribution is -2.26. The first kappa shape index (κ1) is 16.5. The van der Waals surface area contributed by atoms with E-state index >= 15 is 0 Å². The van der Waals surface area contributed by atoms with Crippen LogP contribution in [0.5, 0.6) is 0 Å². The Labute approximate surface area is 134 Å². The van der Waals surface area contributed by atoms with Gasteiger partial charge in [0.25, 0.3) is 5.56 Å². The van der Waals surface area contributed by atoms with Crippen LogP contribution in [0.4, 0.5) is 11.4 Å². The van der Waals surface area contributed by atoms with Gasteiger partial charge in [0.1, 0.15) is 11.9 Å². The van der Waals surface area contributed by atoms with E-state index in [-0.39, 0.29) is 5.56 Å². The summed E-state index contributed by atoms with van der Waals surface area (Å²) in [5.41, 5.74) is 3.16. The quantitative estimate of drug-likeness (QED) is 0.564. The first-order valence-corrected chi connectivity index (χ1v) is 8.32. The van der Waals surface area contributed by atoms with Crippen molar-refractivity contribution < 1.29 is 5.11 Å². The van der Waals surface area contributed by atoms with E-state index in [1.807, 2.05) is 37.4 Å². The SMILES string of the molecule is CCC(O)Nc1cc(-c2cccc(NSC)c2)cn(C)c1=O. The Morgan fingerprint density at radius 3 is 2.77 bits per heavy atom. The average Bonchev–Trinajstić information content (AvgIpc) is 2.52. The summed E-state index contributed by atoms with van der Waals surface area (Å²) in [4.78, 5) is 12.1. The molecule has 1 unspecified atom stereocenters. The van der Waals surface area contributed by atoms with Crippen molar-refractivity contribution in [3.63, 3.8) is 0 Å². The molecule has 2 rings (SSSR count). The van der Waals surface area contributed by atoms with Crippen molar-refractivity contribution in [1.82, 2.24) is 4.57 Å². The van der Waals surface area contributed by atoms with Crippen LogP contribution >= 0.6 is 11.9 Å². The van der Waals surface area contributed by atoms with Crippen molar-refractivity contribution >= 4 is 23.3 Å². The van der Waals surface area contributed by atoms with E-state index in [4.69, 9.17) is 0 Å². The minimum atomic E-state index is -0.729. The number of benzene rings is 1. The lowest BCUT2D eigenvalue weighted by Gasteiger charge is -2.14. The Kier molecular flexibility index (Phi) is 5.51. The minimum absolute atomic E-state index is 0.158. The summed E-state index contributed by atoms with van der Waals surface area (Å²) in [5, 5.41) is 12.6. The molecule has 0 saturated carbocycles. The number of aliphatic hydroxyl groups is 1. The number of nitrogens with one attached hydrogen (secondary N) is 2. The predicted octanol–water partition coefficient (Wildman–Crippen LogP) is 2.88. The van der Waals surface area contributed by atoms with Crippen LogP contribution in [0.15, 0.2) is 41.3 Å². The van der Waals surface area contributed by atoms with Crippen LogP contribution in [0.25, 0.3) is 11.1 Å². The van der Waals surface area contributed by atoms with Crippen molar-refractivity contribution in [3.05, 3.63) is 46.9 Å². The lowest BCUT2D eigenvalue weighted by molar-refractivity contribution is 0.199. The third kappa shape index (κ3) is 3.84. The second-order valence-electron chi connectivity index (χ2n) is 5.01. The van der Waals surface area contributed by atoms with Gasteiger partial charge in [-0.25, -0.2) is 0 Å². The van der Waals surface area contributed by atoms with Crippen LogP contribution in [0, 0.1) is 0 Å². The van der Waals surface area contributed by atoms with Crippen LogP contribution in [0.1, 0.15) is 13.3 Å². The molecule has 0 saturated heterocycles. The number of aromatic nitrogens is 1. The maximum Gasteiger partial charge on any atom is 0.273 e. The normalized spacial score (nSPS) is 12.0. The summed E-state index contributed by atoms with van der Waals surface area (Å²) in [7, 11) is 1.71. The molecule has 5 nitrogen and oxygen atoms in total. The summed E-state index contributed by atoms with van der Waals surface area (Å²) < 4.78 is 4.71. The summed E-state index contributed by atoms with van der Waals surface area (Å²) in [6.07, 6.45) is 3.56. The largest absolute Gasteiger partial charge is 0.374 e. The summed E-state index contributed by atoms with van der Waals surface area (Å²) in [6, 6.07) is 9.75. The number of hydrogen-bond acceptors (Lipinski definition) is 5. The minimum Gasteiger partial charge on any atom is -0.374 e. The summed E-state index contributed by atoms with van der Waals surface area (Å²) in [5.74, 6) is 0. The molecule has 1 aromatic carbocycles. The topological polar surface area (TPSA) is 66.3 Å². The molecule has 22 heavy (non-hydrogen) atoms. The fourth-order valence-electron chi connectivity index (χ4n) is 2.13. The molecule has 0 amide bonds. The number of pyridine rings is 1. The number of aryl methyl sites for hydroxylation is 1. The molecular formula is C16H21N3O2S. The van der Waals surface area contributed by atoms with Gasteiger partial charge in [0.15, 0.2) is 0 Å². The van der Waals surface area contributed by atoms with Crippen LogP contribution < -0.4 is 15.6 Å². The molecule has 0 spiro atoms. The fraction of sp³-hybridized carbons (Fsp3) is 0.312. The van der Waals surface area contributed by atoms with Crippen molar-refractivity contribution in [3.8, 4) is 11.1 Å². The highest BCUT2D eigenvalue weighted by atomic mass is 32.2. The molecule has 1 aromatic heterocycles. The van der Waals surface area contributed by atoms with Crippen LogP contribution in [-0.2, 0) is 7.05 Å². The number of aliphatic hydroxyl groups excluding tert-OH is 1. The maximum absolute atomic E-state index is 12.1. The zero-order valence-corrected chi connectivity index (χ0v) is 13.8. The summed E-state index contributed by atoms with van der Waals surface area (Å²) >= 11 is 1.53. The van der Waals surface area contributed by atoms with Gasteiger partial charge >= 0.3 is 0 Å². The first-order chi connectivity index (χ1) is 10.5. The van der Waals surface area contributed by atoms with E-state index in [2.05, 4.69) is 10.0 Å². The molecule has 0 fully saturated rings. The van der Waals surface area contributed by atoms with Gasteiger partial charge in [0, 0.05) is 30.8 Å². The Morgan fingerprint density at radius 2 is 2.09 bits per heavy atom. The van der Waals surface area contributed by atoms with Gasteiger partial charge in [0.2, 0.25) is 0 Å². The second-order valence-corrected chi connectivity index (χ2v) is 5.63. The van der Waals surface area contributed by atoms with E-state index in [9.17, 15) is 9.90 Å². The summed E-state index contributed by atoms with van der Waals surface area (Å²) in [6.45, 7) is 1.85. The van der Waals surface area contributed by atoms with Crippen LogP contribution in [0.3, 0.4) is 0 Å². The molecule has 6 heteroatoms. The highest BCUT2D eigenvalue weighted by Crippen LogP contribution is 2.24. The molecule has 1 atom stereocenters. The van der Waals surface area contributed by atoms with Gasteiger partial charge in [-0.2, -0.15) is 0 Å². The van der Waals surface area contributed by atoms with Gasteiger partial charge < -0.3 is 19.7 Å². The third-order valence-electron chi connectivity index (χ3n) is 3.31. The molecule has 0 aliphatic carbocycles. The fourth-order valence-corrected chi connectivity index (χ4v) is 2.50. The number of nitrogens with zero attached hydrogens (tertiary/aromatic N) is 1. The molecule has 118 valence electrons. The second kappa shape index (κ2) is 7.38. The van der Waals surface area contributed by atoms with E-state index < -0.39 is 6.23 Å². The lowest BCUT2D eigenvalue weighted by atomic mass is 10.1. The highest BCUT2D eigenvalue weighted by Gasteiger charge is 2.09. The predicted molar refractivity (Wildman–Crippen MR) is 94.2 cm³/mol. The standard InChI is InChI=1S/C16H21N3O2S/c1-4-15(20)17-14-9-12(10-19(2)16(14)21)11-6-5-7-13(8-11)18-22-3/h5-10,15,17-18,20H,4H2,1-3H3. The zero-order chi connectivity index (χ0) is 16.1. The molecule has 3 N–H and O–H groups in total. The van der Waals surface area contributed by atoms with Gasteiger partial charge in [-0.15, -0.1) is 0 Å². The Balaban J connectivity index is 2.43. The van der Waals surface area contributed by atoms with Gasteiger partial charge in [-0.1, -0.05) is 31.0 Å². The van der Waals surface area contributed by atoms with Gasteiger partial charge in [-0.3, -0.25) is 4.79 Å². The number of anilines is 2. The smallest absolute Gasteiger partial charge is 0.273 e. The van der Waals surface area contributed by atoms with Crippen LogP contribution in [0.2, 0.25) is 0 Å². The third-order valence-corrected chi connectivity index (χ3v) is 3.75. The maximum atomic E-state index is 12.1. The van der Waals surface area contributed by atoms with E-state index in [1.165, 1.54) is 16.5 Å². The van der Waals surface area contributed by atoms with Gasteiger partial charge in [0.05, 0.1) is 0 Å². The number of rotatable bonds is 6. The van der Waals surface area contributed by atoms with E-state index in [1.54, 1.807) is 19.3 Å². The van der Waals surface area contributed by atoms with Crippen molar-refractivity contribution in [2.75, 3.05) is 16.3 Å². The monoisotopic (exact) mass is 319 g/mol. The van der Waals surface area contributed by atoms with Crippen LogP contribution in [-0.4, -0.2) is 22.2 Å². The zero-order valence-electron chi connectivity index (χ0n) is 13.0. The van der Waals surface area contributed by atoms with Crippen molar-refractivity contribution in [1.29, 1.82) is 0 Å². The number of hydrogen-bond donors (Lipinski definition) is 3. The van der Waals surface area contributed by atoms with Gasteiger partial charge in [-0.05, 0) is 30.2 Å². The van der Waals surface area contributed by atoms with E-state index in [0.29, 0.717) is 12.1 Å². The molecule has 0 bridgehead atoms. The average molecular weight is 319 g/mol. The van der Waals surface area contributed by atoms with Crippen molar-refractivity contribution in [2.24, 2.45) is 7.05 Å². The van der Waals surface area contributed by atoms with E-state index in [0.717, 1.165) is 16.8 Å². The molecule has 2 aromatic rings. The Bertz CT molecular complexity index is 700. The molecular weight excluding hydrogens is 298 g/mol. The molecule has 0 aliphatic rings.